The number of alkyl halides is 1. The molecule has 2 rings (SSSR count). The van der Waals surface area contributed by atoms with E-state index in [9.17, 15) is 4.39 Å². The Balaban J connectivity index is 1.90. The highest BCUT2D eigenvalue weighted by atomic mass is 79.9. The summed E-state index contributed by atoms with van der Waals surface area (Å²) in [5.74, 6) is -0.276. The Hall–Kier alpha value is -0.160. The van der Waals surface area contributed by atoms with E-state index in [0.717, 1.165) is 38.1 Å². The van der Waals surface area contributed by atoms with E-state index in [1.807, 2.05) is 12.1 Å². The fraction of sp³-hybridized carbons (Fsp3) is 0.538. The summed E-state index contributed by atoms with van der Waals surface area (Å²) in [5.41, 5.74) is 0.691. The Morgan fingerprint density at radius 1 is 1.17 bits per heavy atom. The molecule has 0 aromatic heterocycles. The standard InChI is InChI=1S/C13H17BrClFN2/c14-4-5-17-6-8-18(9-7-17)10-11-2-1-3-12(15)13(11)16/h1-3H,4-10H2. The minimum Gasteiger partial charge on any atom is -0.300 e. The van der Waals surface area contributed by atoms with E-state index in [4.69, 9.17) is 11.6 Å². The van der Waals surface area contributed by atoms with Crippen LogP contribution >= 0.6 is 27.5 Å². The van der Waals surface area contributed by atoms with Crippen molar-refractivity contribution in [2.75, 3.05) is 38.1 Å². The summed E-state index contributed by atoms with van der Waals surface area (Å²) < 4.78 is 13.8. The van der Waals surface area contributed by atoms with Gasteiger partial charge in [-0.25, -0.2) is 4.39 Å². The van der Waals surface area contributed by atoms with Gasteiger partial charge in [-0.15, -0.1) is 0 Å². The summed E-state index contributed by atoms with van der Waals surface area (Å²) in [7, 11) is 0. The molecule has 0 atom stereocenters. The summed E-state index contributed by atoms with van der Waals surface area (Å²) in [6.45, 7) is 5.80. The summed E-state index contributed by atoms with van der Waals surface area (Å²) >= 11 is 9.24. The van der Waals surface area contributed by atoms with Crippen molar-refractivity contribution in [3.8, 4) is 0 Å². The van der Waals surface area contributed by atoms with Crippen molar-refractivity contribution in [1.29, 1.82) is 0 Å². The Bertz CT molecular complexity index is 395. The van der Waals surface area contributed by atoms with Crippen LogP contribution in [0.1, 0.15) is 5.56 Å². The largest absolute Gasteiger partial charge is 0.300 e. The topological polar surface area (TPSA) is 6.48 Å². The van der Waals surface area contributed by atoms with Crippen molar-refractivity contribution >= 4 is 27.5 Å². The zero-order valence-corrected chi connectivity index (χ0v) is 12.6. The van der Waals surface area contributed by atoms with Crippen molar-refractivity contribution < 1.29 is 4.39 Å². The predicted molar refractivity (Wildman–Crippen MR) is 76.9 cm³/mol. The Kier molecular flexibility index (Phi) is 5.42. The van der Waals surface area contributed by atoms with Crippen LogP contribution in [0.15, 0.2) is 18.2 Å². The highest BCUT2D eigenvalue weighted by molar-refractivity contribution is 9.09. The molecular weight excluding hydrogens is 319 g/mol. The number of rotatable bonds is 4. The average molecular weight is 336 g/mol. The molecule has 0 saturated carbocycles. The Morgan fingerprint density at radius 3 is 2.50 bits per heavy atom. The highest BCUT2D eigenvalue weighted by Gasteiger charge is 2.17. The van der Waals surface area contributed by atoms with E-state index in [1.54, 1.807) is 6.07 Å². The average Bonchev–Trinajstić information content (AvgIpc) is 2.38. The fourth-order valence-corrected chi connectivity index (χ4v) is 2.90. The molecule has 2 nitrogen and oxygen atoms in total. The summed E-state index contributed by atoms with van der Waals surface area (Å²) in [6.07, 6.45) is 0. The van der Waals surface area contributed by atoms with E-state index in [2.05, 4.69) is 25.7 Å². The van der Waals surface area contributed by atoms with E-state index in [1.165, 1.54) is 0 Å². The van der Waals surface area contributed by atoms with Gasteiger partial charge in [-0.1, -0.05) is 39.7 Å². The lowest BCUT2D eigenvalue weighted by molar-refractivity contribution is 0.132. The molecule has 0 unspecified atom stereocenters. The molecule has 1 fully saturated rings. The first-order valence-corrected chi connectivity index (χ1v) is 7.64. The van der Waals surface area contributed by atoms with Crippen molar-refractivity contribution in [1.82, 2.24) is 9.80 Å². The van der Waals surface area contributed by atoms with Gasteiger partial charge in [0, 0.05) is 50.2 Å². The molecule has 1 aliphatic heterocycles. The normalized spacial score (nSPS) is 18.2. The van der Waals surface area contributed by atoms with Crippen LogP contribution in [0.2, 0.25) is 5.02 Å². The van der Waals surface area contributed by atoms with E-state index in [-0.39, 0.29) is 10.8 Å². The second-order valence-electron chi connectivity index (χ2n) is 4.52. The maximum Gasteiger partial charge on any atom is 0.146 e. The molecular formula is C13H17BrClFN2. The molecule has 0 aliphatic carbocycles. The first kappa shape index (κ1) is 14.3. The summed E-state index contributed by atoms with van der Waals surface area (Å²) in [5, 5.41) is 1.22. The molecule has 1 aromatic rings. The molecule has 100 valence electrons. The first-order chi connectivity index (χ1) is 8.70. The molecule has 1 aliphatic rings. The SMILES string of the molecule is Fc1c(Cl)cccc1CN1CCN(CCBr)CC1. The maximum absolute atomic E-state index is 13.8. The van der Waals surface area contributed by atoms with Gasteiger partial charge in [-0.05, 0) is 6.07 Å². The zero-order chi connectivity index (χ0) is 13.0. The van der Waals surface area contributed by atoms with Crippen LogP contribution in [-0.2, 0) is 6.54 Å². The van der Waals surface area contributed by atoms with Crippen molar-refractivity contribution in [3.05, 3.63) is 34.6 Å². The molecule has 0 bridgehead atoms. The zero-order valence-electron chi connectivity index (χ0n) is 10.2. The molecule has 0 amide bonds. The number of hydrogen-bond acceptors (Lipinski definition) is 2. The van der Waals surface area contributed by atoms with Gasteiger partial charge in [0.15, 0.2) is 0 Å². The van der Waals surface area contributed by atoms with Gasteiger partial charge >= 0.3 is 0 Å². The Morgan fingerprint density at radius 2 is 1.83 bits per heavy atom. The monoisotopic (exact) mass is 334 g/mol. The van der Waals surface area contributed by atoms with Gasteiger partial charge in [0.2, 0.25) is 0 Å². The number of hydrogen-bond donors (Lipinski definition) is 0. The summed E-state index contributed by atoms with van der Waals surface area (Å²) in [6, 6.07) is 5.21. The van der Waals surface area contributed by atoms with Crippen LogP contribution in [0.25, 0.3) is 0 Å². The second-order valence-corrected chi connectivity index (χ2v) is 5.72. The van der Waals surface area contributed by atoms with E-state index in [0.29, 0.717) is 12.1 Å². The quantitative estimate of drug-likeness (QED) is 0.781. The minimum absolute atomic E-state index is 0.213. The van der Waals surface area contributed by atoms with Crippen LogP contribution in [0.3, 0.4) is 0 Å². The predicted octanol–water partition coefficient (Wildman–Crippen LogP) is 2.99. The van der Waals surface area contributed by atoms with Crippen LogP contribution < -0.4 is 0 Å². The third-order valence-electron chi connectivity index (χ3n) is 3.29. The molecule has 1 saturated heterocycles. The molecule has 0 N–H and O–H groups in total. The number of piperazine rings is 1. The molecule has 0 spiro atoms. The van der Waals surface area contributed by atoms with Crippen LogP contribution in [0.4, 0.5) is 4.39 Å². The maximum atomic E-state index is 13.8. The van der Waals surface area contributed by atoms with Crippen molar-refractivity contribution in [3.63, 3.8) is 0 Å². The first-order valence-electron chi connectivity index (χ1n) is 6.14. The van der Waals surface area contributed by atoms with Gasteiger partial charge in [-0.2, -0.15) is 0 Å². The molecule has 0 radical (unpaired) electrons. The van der Waals surface area contributed by atoms with Crippen molar-refractivity contribution in [2.45, 2.75) is 6.54 Å². The van der Waals surface area contributed by atoms with Crippen molar-refractivity contribution in [2.24, 2.45) is 0 Å². The van der Waals surface area contributed by atoms with E-state index >= 15 is 0 Å². The van der Waals surface area contributed by atoms with Crippen LogP contribution in [-0.4, -0.2) is 47.9 Å². The van der Waals surface area contributed by atoms with Gasteiger partial charge in [-0.3, -0.25) is 9.80 Å². The number of benzene rings is 1. The molecule has 5 heteroatoms. The van der Waals surface area contributed by atoms with Gasteiger partial charge in [0.05, 0.1) is 5.02 Å². The lowest BCUT2D eigenvalue weighted by Crippen LogP contribution is -2.46. The van der Waals surface area contributed by atoms with Gasteiger partial charge in [0.1, 0.15) is 5.82 Å². The lowest BCUT2D eigenvalue weighted by atomic mass is 10.2. The smallest absolute Gasteiger partial charge is 0.146 e. The second kappa shape index (κ2) is 6.85. The molecule has 1 heterocycles. The third-order valence-corrected chi connectivity index (χ3v) is 3.94. The molecule has 1 aromatic carbocycles. The minimum atomic E-state index is -0.276. The van der Waals surface area contributed by atoms with E-state index < -0.39 is 0 Å². The number of halogens is 3. The van der Waals surface area contributed by atoms with Crippen LogP contribution in [0, 0.1) is 5.82 Å². The Labute approximate surface area is 121 Å². The van der Waals surface area contributed by atoms with Gasteiger partial charge in [0.25, 0.3) is 0 Å². The summed E-state index contributed by atoms with van der Waals surface area (Å²) in [4.78, 5) is 4.69. The van der Waals surface area contributed by atoms with Crippen LogP contribution in [0.5, 0.6) is 0 Å². The lowest BCUT2D eigenvalue weighted by Gasteiger charge is -2.34. The van der Waals surface area contributed by atoms with Gasteiger partial charge < -0.3 is 0 Å². The fourth-order valence-electron chi connectivity index (χ4n) is 2.20. The molecule has 18 heavy (non-hydrogen) atoms. The third kappa shape index (κ3) is 3.67. The number of nitrogens with zero attached hydrogens (tertiary/aromatic N) is 2. The highest BCUT2D eigenvalue weighted by Crippen LogP contribution is 2.19.